The van der Waals surface area contributed by atoms with E-state index in [2.05, 4.69) is 10.4 Å². The molecular formula is C14H13F2N3. The van der Waals surface area contributed by atoms with Crippen LogP contribution >= 0.6 is 0 Å². The van der Waals surface area contributed by atoms with Crippen LogP contribution in [0.5, 0.6) is 0 Å². The topological polar surface area (TPSA) is 50.4 Å². The number of aliphatic imine (C=N–C) groups is 1. The molecule has 0 aromatic heterocycles. The lowest BCUT2D eigenvalue weighted by atomic mass is 10.1. The molecule has 0 fully saturated rings. The zero-order valence-corrected chi connectivity index (χ0v) is 10.1. The summed E-state index contributed by atoms with van der Waals surface area (Å²) in [6, 6.07) is 12.9. The van der Waals surface area contributed by atoms with Crippen molar-refractivity contribution >= 4 is 11.5 Å². The zero-order valence-electron chi connectivity index (χ0n) is 10.1. The van der Waals surface area contributed by atoms with Gasteiger partial charge in [0.15, 0.2) is 11.6 Å². The number of benzene rings is 2. The largest absolute Gasteiger partial charge is 0.312 e. The number of hydrazine groups is 1. The molecule has 98 valence electrons. The van der Waals surface area contributed by atoms with Crippen molar-refractivity contribution < 1.29 is 8.78 Å². The summed E-state index contributed by atoms with van der Waals surface area (Å²) in [5.74, 6) is 4.11. The van der Waals surface area contributed by atoms with E-state index in [4.69, 9.17) is 5.84 Å². The lowest BCUT2D eigenvalue weighted by molar-refractivity contribution is 0.507. The highest BCUT2D eigenvalue weighted by molar-refractivity contribution is 5.86. The summed E-state index contributed by atoms with van der Waals surface area (Å²) in [5, 5.41) is 0. The number of nitrogens with two attached hydrogens (primary N) is 1. The van der Waals surface area contributed by atoms with E-state index >= 15 is 0 Å². The molecule has 0 bridgehead atoms. The van der Waals surface area contributed by atoms with E-state index in [0.29, 0.717) is 17.8 Å². The van der Waals surface area contributed by atoms with E-state index in [9.17, 15) is 8.78 Å². The van der Waals surface area contributed by atoms with Crippen LogP contribution in [-0.2, 0) is 6.42 Å². The number of amidine groups is 1. The maximum Gasteiger partial charge on any atom is 0.159 e. The van der Waals surface area contributed by atoms with Crippen LogP contribution < -0.4 is 11.3 Å². The molecule has 0 saturated heterocycles. The molecule has 3 nitrogen and oxygen atoms in total. The second-order valence-corrected chi connectivity index (χ2v) is 3.96. The van der Waals surface area contributed by atoms with Crippen LogP contribution in [0.15, 0.2) is 53.5 Å². The van der Waals surface area contributed by atoms with Crippen molar-refractivity contribution in [1.82, 2.24) is 5.43 Å². The molecule has 0 saturated carbocycles. The summed E-state index contributed by atoms with van der Waals surface area (Å²) in [6.45, 7) is 0. The van der Waals surface area contributed by atoms with Gasteiger partial charge in [-0.25, -0.2) is 19.6 Å². The van der Waals surface area contributed by atoms with Gasteiger partial charge in [0.05, 0.1) is 5.69 Å². The minimum absolute atomic E-state index is 0.294. The van der Waals surface area contributed by atoms with E-state index in [0.717, 1.165) is 17.8 Å². The second-order valence-electron chi connectivity index (χ2n) is 3.96. The maximum absolute atomic E-state index is 13.1. The van der Waals surface area contributed by atoms with Crippen LogP contribution in [0.3, 0.4) is 0 Å². The first kappa shape index (κ1) is 13.2. The predicted octanol–water partition coefficient (Wildman–Crippen LogP) is 2.70. The fraction of sp³-hybridized carbons (Fsp3) is 0.0714. The summed E-state index contributed by atoms with van der Waals surface area (Å²) in [5.41, 5.74) is 3.79. The summed E-state index contributed by atoms with van der Waals surface area (Å²) >= 11 is 0. The highest BCUT2D eigenvalue weighted by Gasteiger charge is 2.05. The van der Waals surface area contributed by atoms with Gasteiger partial charge < -0.3 is 5.43 Å². The molecular weight excluding hydrogens is 248 g/mol. The Kier molecular flexibility index (Phi) is 4.20. The minimum Gasteiger partial charge on any atom is -0.312 e. The summed E-state index contributed by atoms with van der Waals surface area (Å²) in [7, 11) is 0. The molecule has 0 radical (unpaired) electrons. The molecule has 0 amide bonds. The number of hydrogen-bond donors (Lipinski definition) is 2. The third kappa shape index (κ3) is 3.59. The highest BCUT2D eigenvalue weighted by atomic mass is 19.2. The third-order valence-corrected chi connectivity index (χ3v) is 2.54. The van der Waals surface area contributed by atoms with Gasteiger partial charge in [0.2, 0.25) is 0 Å². The van der Waals surface area contributed by atoms with E-state index in [1.165, 1.54) is 6.07 Å². The molecule has 2 aromatic carbocycles. The average Bonchev–Trinajstić information content (AvgIpc) is 2.43. The number of halogens is 2. The van der Waals surface area contributed by atoms with Crippen molar-refractivity contribution in [2.24, 2.45) is 10.8 Å². The molecule has 5 heteroatoms. The average molecular weight is 261 g/mol. The van der Waals surface area contributed by atoms with E-state index in [1.807, 2.05) is 30.3 Å². The molecule has 0 aliphatic carbocycles. The number of para-hydroxylation sites is 1. The Morgan fingerprint density at radius 3 is 2.42 bits per heavy atom. The molecule has 0 unspecified atom stereocenters. The van der Waals surface area contributed by atoms with Crippen molar-refractivity contribution in [2.45, 2.75) is 6.42 Å². The summed E-state index contributed by atoms with van der Waals surface area (Å²) < 4.78 is 25.9. The Morgan fingerprint density at radius 1 is 1.05 bits per heavy atom. The summed E-state index contributed by atoms with van der Waals surface area (Å²) in [6.07, 6.45) is 0.294. The third-order valence-electron chi connectivity index (χ3n) is 2.54. The standard InChI is InChI=1S/C14H13F2N3/c15-12-7-6-10(8-13(12)16)9-14(19-17)18-11-4-2-1-3-5-11/h1-8H,9,17H2,(H,18,19). The van der Waals surface area contributed by atoms with Gasteiger partial charge in [-0.05, 0) is 29.8 Å². The van der Waals surface area contributed by atoms with Crippen LogP contribution in [0.1, 0.15) is 5.56 Å². The van der Waals surface area contributed by atoms with Gasteiger partial charge >= 0.3 is 0 Å². The van der Waals surface area contributed by atoms with Crippen LogP contribution in [-0.4, -0.2) is 5.84 Å². The Balaban J connectivity index is 2.19. The quantitative estimate of drug-likeness (QED) is 0.386. The van der Waals surface area contributed by atoms with Gasteiger partial charge in [0, 0.05) is 6.42 Å². The SMILES string of the molecule is NNC(Cc1ccc(F)c(F)c1)=Nc1ccccc1. The summed E-state index contributed by atoms with van der Waals surface area (Å²) in [4.78, 5) is 4.29. The van der Waals surface area contributed by atoms with Gasteiger partial charge in [-0.15, -0.1) is 0 Å². The molecule has 0 heterocycles. The van der Waals surface area contributed by atoms with E-state index in [-0.39, 0.29) is 0 Å². The second kappa shape index (κ2) is 6.06. The Bertz CT molecular complexity index is 582. The van der Waals surface area contributed by atoms with Crippen molar-refractivity contribution in [3.8, 4) is 0 Å². The zero-order chi connectivity index (χ0) is 13.7. The van der Waals surface area contributed by atoms with Crippen LogP contribution in [0.2, 0.25) is 0 Å². The van der Waals surface area contributed by atoms with E-state index < -0.39 is 11.6 Å². The number of hydrogen-bond acceptors (Lipinski definition) is 2. The molecule has 2 aromatic rings. The molecule has 3 N–H and O–H groups in total. The van der Waals surface area contributed by atoms with Gasteiger partial charge in [-0.2, -0.15) is 0 Å². The molecule has 0 atom stereocenters. The van der Waals surface area contributed by atoms with Crippen LogP contribution in [0, 0.1) is 11.6 Å². The number of rotatable bonds is 3. The van der Waals surface area contributed by atoms with Crippen molar-refractivity contribution in [1.29, 1.82) is 0 Å². The van der Waals surface area contributed by atoms with Gasteiger partial charge in [-0.1, -0.05) is 24.3 Å². The molecule has 0 aliphatic heterocycles. The fourth-order valence-corrected chi connectivity index (χ4v) is 1.62. The van der Waals surface area contributed by atoms with E-state index in [1.54, 1.807) is 0 Å². The highest BCUT2D eigenvalue weighted by Crippen LogP contribution is 2.13. The predicted molar refractivity (Wildman–Crippen MR) is 70.9 cm³/mol. The Hall–Kier alpha value is -2.27. The number of nitrogens with one attached hydrogen (secondary N) is 1. The first-order valence-corrected chi connectivity index (χ1v) is 5.72. The number of nitrogens with zero attached hydrogens (tertiary/aromatic N) is 1. The Morgan fingerprint density at radius 2 is 1.79 bits per heavy atom. The van der Waals surface area contributed by atoms with Gasteiger partial charge in [0.25, 0.3) is 0 Å². The van der Waals surface area contributed by atoms with Crippen molar-refractivity contribution in [3.63, 3.8) is 0 Å². The van der Waals surface area contributed by atoms with Crippen LogP contribution in [0.25, 0.3) is 0 Å². The lowest BCUT2D eigenvalue weighted by Gasteiger charge is -2.06. The van der Waals surface area contributed by atoms with Crippen LogP contribution in [0.4, 0.5) is 14.5 Å². The molecule has 0 spiro atoms. The minimum atomic E-state index is -0.881. The maximum atomic E-state index is 13.1. The Labute approximate surface area is 109 Å². The first-order valence-electron chi connectivity index (χ1n) is 5.72. The lowest BCUT2D eigenvalue weighted by Crippen LogP contribution is -2.31. The van der Waals surface area contributed by atoms with Gasteiger partial charge in [0.1, 0.15) is 5.84 Å². The monoisotopic (exact) mass is 261 g/mol. The first-order chi connectivity index (χ1) is 9.19. The van der Waals surface area contributed by atoms with Crippen molar-refractivity contribution in [3.05, 3.63) is 65.7 Å². The fourth-order valence-electron chi connectivity index (χ4n) is 1.62. The van der Waals surface area contributed by atoms with Gasteiger partial charge in [-0.3, -0.25) is 0 Å². The van der Waals surface area contributed by atoms with Crippen molar-refractivity contribution in [2.75, 3.05) is 0 Å². The smallest absolute Gasteiger partial charge is 0.159 e. The molecule has 19 heavy (non-hydrogen) atoms. The molecule has 0 aliphatic rings. The normalized spacial score (nSPS) is 11.4. The molecule has 2 rings (SSSR count).